The number of rotatable bonds is 3. The van der Waals surface area contributed by atoms with Gasteiger partial charge in [-0.15, -0.1) is 0 Å². The van der Waals surface area contributed by atoms with Gasteiger partial charge in [-0.2, -0.15) is 0 Å². The maximum atomic E-state index is 13.5. The molecule has 2 aromatic carbocycles. The van der Waals surface area contributed by atoms with Gasteiger partial charge in [-0.25, -0.2) is 14.2 Å². The van der Waals surface area contributed by atoms with Crippen molar-refractivity contribution in [2.75, 3.05) is 11.9 Å². The number of aryl methyl sites for hydroxylation is 2. The Hall–Kier alpha value is -3.35. The van der Waals surface area contributed by atoms with E-state index in [0.717, 1.165) is 25.1 Å². The van der Waals surface area contributed by atoms with Crippen molar-refractivity contribution in [3.8, 4) is 5.75 Å². The van der Waals surface area contributed by atoms with Crippen molar-refractivity contribution < 1.29 is 13.9 Å². The molecule has 1 unspecified atom stereocenters. The van der Waals surface area contributed by atoms with Gasteiger partial charge in [-0.05, 0) is 55.7 Å². The van der Waals surface area contributed by atoms with Crippen molar-refractivity contribution in [1.82, 2.24) is 14.9 Å². The van der Waals surface area contributed by atoms with Crippen molar-refractivity contribution in [1.29, 1.82) is 0 Å². The fourth-order valence-electron chi connectivity index (χ4n) is 4.48. The lowest BCUT2D eigenvalue weighted by Crippen LogP contribution is -2.33. The van der Waals surface area contributed by atoms with E-state index in [9.17, 15) is 9.18 Å². The Morgan fingerprint density at radius 2 is 2.07 bits per heavy atom. The summed E-state index contributed by atoms with van der Waals surface area (Å²) in [7, 11) is 0. The average molecular weight is 406 g/mol. The Balaban J connectivity index is 1.26. The number of imidazole rings is 1. The molecule has 0 aliphatic carbocycles. The summed E-state index contributed by atoms with van der Waals surface area (Å²) in [4.78, 5) is 16.9. The summed E-state index contributed by atoms with van der Waals surface area (Å²) < 4.78 is 21.3. The molecule has 3 aromatic rings. The number of ether oxygens (including phenoxy) is 1. The minimum Gasteiger partial charge on any atom is -0.491 e. The minimum atomic E-state index is -0.375. The van der Waals surface area contributed by atoms with Crippen LogP contribution in [-0.2, 0) is 6.54 Å². The van der Waals surface area contributed by atoms with E-state index in [2.05, 4.69) is 39.2 Å². The van der Waals surface area contributed by atoms with Crippen molar-refractivity contribution in [3.63, 3.8) is 0 Å². The van der Waals surface area contributed by atoms with Crippen LogP contribution < -0.4 is 15.4 Å². The fourth-order valence-corrected chi connectivity index (χ4v) is 4.48. The molecule has 2 aliphatic heterocycles. The molecule has 5 rings (SSSR count). The van der Waals surface area contributed by atoms with E-state index in [1.807, 2.05) is 18.5 Å². The van der Waals surface area contributed by atoms with Gasteiger partial charge in [-0.1, -0.05) is 12.1 Å². The maximum absolute atomic E-state index is 13.5. The summed E-state index contributed by atoms with van der Waals surface area (Å²) in [5.74, 6) is 0.584. The minimum absolute atomic E-state index is 0.292. The average Bonchev–Trinajstić information content (AvgIpc) is 3.32. The third-order valence-corrected chi connectivity index (χ3v) is 5.92. The van der Waals surface area contributed by atoms with Crippen LogP contribution in [0.3, 0.4) is 0 Å². The summed E-state index contributed by atoms with van der Waals surface area (Å²) >= 11 is 0. The fraction of sp³-hybridized carbons (Fsp3) is 0.304. The molecule has 7 heteroatoms. The van der Waals surface area contributed by atoms with Crippen LogP contribution in [-0.4, -0.2) is 22.2 Å². The molecule has 0 spiro atoms. The molecule has 2 amide bonds. The van der Waals surface area contributed by atoms with Gasteiger partial charge in [0.05, 0.1) is 18.1 Å². The van der Waals surface area contributed by atoms with Gasteiger partial charge in [-0.3, -0.25) is 0 Å². The number of urea groups is 1. The molecule has 6 nitrogen and oxygen atoms in total. The molecule has 30 heavy (non-hydrogen) atoms. The van der Waals surface area contributed by atoms with Gasteiger partial charge < -0.3 is 19.9 Å². The molecule has 0 saturated carbocycles. The van der Waals surface area contributed by atoms with Gasteiger partial charge in [0.15, 0.2) is 0 Å². The second-order valence-corrected chi connectivity index (χ2v) is 7.87. The van der Waals surface area contributed by atoms with Crippen molar-refractivity contribution >= 4 is 11.7 Å². The second-order valence-electron chi connectivity index (χ2n) is 7.87. The SMILES string of the molecule is Cc1ncn2c1C(c1ccc(NC(=O)N[C@@H]3COc4ccc(F)cc43)cc1)CCC2. The number of halogens is 1. The highest BCUT2D eigenvalue weighted by atomic mass is 19.1. The molecule has 2 atom stereocenters. The maximum Gasteiger partial charge on any atom is 0.319 e. The zero-order valence-corrected chi connectivity index (χ0v) is 16.7. The number of carbonyl (C=O) groups excluding carboxylic acids is 1. The number of hydrogen-bond acceptors (Lipinski definition) is 3. The van der Waals surface area contributed by atoms with E-state index >= 15 is 0 Å². The molecule has 0 radical (unpaired) electrons. The largest absolute Gasteiger partial charge is 0.491 e. The smallest absolute Gasteiger partial charge is 0.319 e. The molecule has 3 heterocycles. The molecule has 2 N–H and O–H groups in total. The summed E-state index contributed by atoms with van der Waals surface area (Å²) in [5.41, 5.74) is 4.95. The predicted octanol–water partition coefficient (Wildman–Crippen LogP) is 4.51. The van der Waals surface area contributed by atoms with E-state index in [-0.39, 0.29) is 17.9 Å². The lowest BCUT2D eigenvalue weighted by Gasteiger charge is -2.25. The number of carbonyl (C=O) groups is 1. The Kier molecular flexibility index (Phi) is 4.65. The first-order valence-corrected chi connectivity index (χ1v) is 10.2. The first kappa shape index (κ1) is 18.7. The number of nitrogens with zero attached hydrogens (tertiary/aromatic N) is 2. The van der Waals surface area contributed by atoms with Crippen molar-refractivity contribution in [2.24, 2.45) is 0 Å². The molecule has 154 valence electrons. The zero-order chi connectivity index (χ0) is 20.7. The summed E-state index contributed by atoms with van der Waals surface area (Å²) in [6.45, 7) is 3.37. The van der Waals surface area contributed by atoms with Crippen LogP contribution in [0.1, 0.15) is 47.3 Å². The predicted molar refractivity (Wildman–Crippen MR) is 111 cm³/mol. The van der Waals surface area contributed by atoms with Crippen molar-refractivity contribution in [3.05, 3.63) is 77.1 Å². The van der Waals surface area contributed by atoms with E-state index in [0.29, 0.717) is 29.5 Å². The Morgan fingerprint density at radius 3 is 2.90 bits per heavy atom. The number of nitrogens with one attached hydrogen (secondary N) is 2. The quantitative estimate of drug-likeness (QED) is 0.672. The van der Waals surface area contributed by atoms with Gasteiger partial charge in [0.2, 0.25) is 0 Å². The standard InChI is InChI=1S/C23H23FN4O2/c1-14-22-18(3-2-10-28(22)13-25-14)15-4-7-17(8-5-15)26-23(29)27-20-12-30-21-9-6-16(24)11-19(20)21/h4-9,11,13,18,20H,2-3,10,12H2,1H3,(H2,26,27,29)/t18?,20-/m1/s1. The van der Waals surface area contributed by atoms with Crippen LogP contribution in [0.5, 0.6) is 5.75 Å². The summed E-state index contributed by atoms with van der Waals surface area (Å²) in [5, 5.41) is 5.71. The van der Waals surface area contributed by atoms with Crippen LogP contribution in [0.25, 0.3) is 0 Å². The highest BCUT2D eigenvalue weighted by molar-refractivity contribution is 5.89. The lowest BCUT2D eigenvalue weighted by atomic mass is 9.87. The monoisotopic (exact) mass is 406 g/mol. The number of benzene rings is 2. The number of fused-ring (bicyclic) bond motifs is 2. The van der Waals surface area contributed by atoms with E-state index in [1.54, 1.807) is 6.07 Å². The third kappa shape index (κ3) is 3.40. The number of anilines is 1. The number of amides is 2. The van der Waals surface area contributed by atoms with Crippen LogP contribution in [0, 0.1) is 12.7 Å². The Morgan fingerprint density at radius 1 is 1.23 bits per heavy atom. The van der Waals surface area contributed by atoms with Crippen LogP contribution in [0.2, 0.25) is 0 Å². The van der Waals surface area contributed by atoms with Gasteiger partial charge in [0.25, 0.3) is 0 Å². The molecule has 0 fully saturated rings. The molecule has 0 bridgehead atoms. The summed E-state index contributed by atoms with van der Waals surface area (Å²) in [6.07, 6.45) is 4.15. The third-order valence-electron chi connectivity index (χ3n) is 5.92. The molecule has 1 aromatic heterocycles. The number of hydrogen-bond donors (Lipinski definition) is 2. The van der Waals surface area contributed by atoms with Gasteiger partial charge >= 0.3 is 6.03 Å². The Bertz CT molecular complexity index is 1090. The first-order valence-electron chi connectivity index (χ1n) is 10.2. The summed E-state index contributed by atoms with van der Waals surface area (Å²) in [6, 6.07) is 11.6. The van der Waals surface area contributed by atoms with E-state index in [1.165, 1.54) is 23.4 Å². The zero-order valence-electron chi connectivity index (χ0n) is 16.7. The second kappa shape index (κ2) is 7.48. The molecule has 2 aliphatic rings. The Labute approximate surface area is 174 Å². The van der Waals surface area contributed by atoms with Gasteiger partial charge in [0, 0.05) is 29.4 Å². The topological polar surface area (TPSA) is 68.2 Å². The molecule has 0 saturated heterocycles. The highest BCUT2D eigenvalue weighted by Crippen LogP contribution is 2.35. The van der Waals surface area contributed by atoms with Crippen molar-refractivity contribution in [2.45, 2.75) is 38.3 Å². The van der Waals surface area contributed by atoms with Gasteiger partial charge in [0.1, 0.15) is 18.2 Å². The normalized spacial score (nSPS) is 19.5. The van der Waals surface area contributed by atoms with E-state index < -0.39 is 0 Å². The highest BCUT2D eigenvalue weighted by Gasteiger charge is 2.27. The molecular weight excluding hydrogens is 383 g/mol. The number of aromatic nitrogens is 2. The van der Waals surface area contributed by atoms with Crippen LogP contribution in [0.4, 0.5) is 14.9 Å². The lowest BCUT2D eigenvalue weighted by molar-refractivity contribution is 0.243. The molecular formula is C23H23FN4O2. The van der Waals surface area contributed by atoms with Crippen LogP contribution in [0.15, 0.2) is 48.8 Å². The van der Waals surface area contributed by atoms with E-state index in [4.69, 9.17) is 4.74 Å². The van der Waals surface area contributed by atoms with Crippen LogP contribution >= 0.6 is 0 Å². The first-order chi connectivity index (χ1) is 14.6.